The quantitative estimate of drug-likeness (QED) is 0.248. The Bertz CT molecular complexity index is 1160. The number of hydrogen-bond donors (Lipinski definition) is 1. The number of nitrogens with zero attached hydrogens (tertiary/aromatic N) is 5. The second kappa shape index (κ2) is 11.6. The minimum Gasteiger partial charge on any atom is -0.373 e. The van der Waals surface area contributed by atoms with Crippen LogP contribution in [0.5, 0.6) is 0 Å². The third-order valence-corrected chi connectivity index (χ3v) is 10.9. The predicted octanol–water partition coefficient (Wildman–Crippen LogP) is 2.58. The van der Waals surface area contributed by atoms with Crippen LogP contribution in [-0.2, 0) is 23.8 Å². The van der Waals surface area contributed by atoms with Crippen molar-refractivity contribution in [1.82, 2.24) is 18.5 Å². The summed E-state index contributed by atoms with van der Waals surface area (Å²) >= 11 is 0. The maximum Gasteiger partial charge on any atom is 0.351 e. The fraction of sp³-hybridized carbons (Fsp3) is 0.783. The number of sulfonamides is 1. The lowest BCUT2D eigenvalue weighted by molar-refractivity contribution is -0.0873. The first-order valence-electron chi connectivity index (χ1n) is 12.5. The molecule has 0 radical (unpaired) electrons. The standard InChI is InChI=1S/C23H39N6O6PS/c1-10-23-14-37(31,32)27(9)18(21(34-23)28-13-17(6)20(25-8)26-22(28)30)19(23)35-36(33-12-11-24-7)29(15(2)3)16(4)5/h13,15-16,18-19,21H,10-12,14H2,1-6,8-9H3,(H,25,26,30)/t18-,19?,21+,23-,36?/m0/s1. The fourth-order valence-electron chi connectivity index (χ4n) is 5.08. The topological polar surface area (TPSA) is 120 Å². The zero-order chi connectivity index (χ0) is 27.7. The Morgan fingerprint density at radius 2 is 2.03 bits per heavy atom. The minimum atomic E-state index is -3.69. The van der Waals surface area contributed by atoms with Gasteiger partial charge in [-0.15, -0.1) is 0 Å². The van der Waals surface area contributed by atoms with Crippen molar-refractivity contribution in [2.75, 3.05) is 38.3 Å². The first-order valence-corrected chi connectivity index (χ1v) is 15.2. The molecule has 2 aliphatic rings. The Balaban J connectivity index is 2.12. The Hall–Kier alpha value is -1.65. The number of likely N-dealkylation sites (N-methyl/N-ethyl adjacent to an activating group) is 1. The molecule has 1 aromatic heterocycles. The smallest absolute Gasteiger partial charge is 0.351 e. The number of ether oxygens (including phenoxy) is 1. The summed E-state index contributed by atoms with van der Waals surface area (Å²) in [7, 11) is -2.19. The summed E-state index contributed by atoms with van der Waals surface area (Å²) in [5.41, 5.74) is -1.03. The summed E-state index contributed by atoms with van der Waals surface area (Å²) in [6.07, 6.45) is 0.328. The van der Waals surface area contributed by atoms with Crippen molar-refractivity contribution >= 4 is 24.4 Å². The molecule has 0 spiro atoms. The summed E-state index contributed by atoms with van der Waals surface area (Å²) in [5, 5.41) is 2.90. The van der Waals surface area contributed by atoms with Gasteiger partial charge in [0.1, 0.15) is 24.1 Å². The number of anilines is 1. The summed E-state index contributed by atoms with van der Waals surface area (Å²) in [4.78, 5) is 20.6. The molecule has 2 unspecified atom stereocenters. The molecule has 0 saturated carbocycles. The van der Waals surface area contributed by atoms with Crippen molar-refractivity contribution < 1.29 is 22.2 Å². The van der Waals surface area contributed by atoms with Gasteiger partial charge in [-0.3, -0.25) is 4.57 Å². The number of rotatable bonds is 11. The van der Waals surface area contributed by atoms with E-state index in [1.807, 2.05) is 41.5 Å². The van der Waals surface area contributed by atoms with Crippen molar-refractivity contribution in [2.24, 2.45) is 0 Å². The molecule has 1 N–H and O–H groups in total. The molecule has 2 aliphatic heterocycles. The van der Waals surface area contributed by atoms with Gasteiger partial charge in [0.25, 0.3) is 8.53 Å². The van der Waals surface area contributed by atoms with E-state index in [2.05, 4.69) is 19.8 Å². The molecule has 208 valence electrons. The highest BCUT2D eigenvalue weighted by Crippen LogP contribution is 2.55. The number of aryl methyl sites for hydroxylation is 1. The molecular formula is C23H39N6O6PS. The lowest BCUT2D eigenvalue weighted by Crippen LogP contribution is -2.61. The van der Waals surface area contributed by atoms with Crippen LogP contribution in [0.15, 0.2) is 11.0 Å². The van der Waals surface area contributed by atoms with Crippen LogP contribution in [0, 0.1) is 13.5 Å². The maximum atomic E-state index is 13.2. The Morgan fingerprint density at radius 1 is 1.38 bits per heavy atom. The molecule has 2 bridgehead atoms. The second-order valence-electron chi connectivity index (χ2n) is 9.95. The van der Waals surface area contributed by atoms with Crippen LogP contribution in [0.1, 0.15) is 52.8 Å². The Morgan fingerprint density at radius 3 is 2.57 bits per heavy atom. The van der Waals surface area contributed by atoms with Gasteiger partial charge in [0.05, 0.1) is 11.8 Å². The summed E-state index contributed by atoms with van der Waals surface area (Å²) in [6, 6.07) is -0.687. The van der Waals surface area contributed by atoms with Crippen LogP contribution >= 0.6 is 8.53 Å². The van der Waals surface area contributed by atoms with Crippen LogP contribution in [0.4, 0.5) is 5.82 Å². The van der Waals surface area contributed by atoms with Crippen molar-refractivity contribution in [1.29, 1.82) is 0 Å². The molecule has 2 saturated heterocycles. The largest absolute Gasteiger partial charge is 0.373 e. The van der Waals surface area contributed by atoms with Crippen LogP contribution in [-0.4, -0.2) is 89.8 Å². The molecule has 2 fully saturated rings. The van der Waals surface area contributed by atoms with Crippen LogP contribution < -0.4 is 11.0 Å². The maximum absolute atomic E-state index is 13.2. The van der Waals surface area contributed by atoms with E-state index >= 15 is 0 Å². The molecule has 0 aromatic carbocycles. The molecule has 14 heteroatoms. The average molecular weight is 559 g/mol. The van der Waals surface area contributed by atoms with Crippen LogP contribution in [0.3, 0.4) is 0 Å². The van der Waals surface area contributed by atoms with Crippen molar-refractivity contribution in [3.05, 3.63) is 33.7 Å². The van der Waals surface area contributed by atoms with E-state index in [4.69, 9.17) is 20.4 Å². The zero-order valence-corrected chi connectivity index (χ0v) is 24.5. The third kappa shape index (κ3) is 5.71. The molecule has 0 amide bonds. The summed E-state index contributed by atoms with van der Waals surface area (Å²) in [5.74, 6) is 0.164. The van der Waals surface area contributed by atoms with Gasteiger partial charge in [-0.05, 0) is 41.0 Å². The minimum absolute atomic E-state index is 0.0691. The van der Waals surface area contributed by atoms with E-state index in [0.717, 1.165) is 5.56 Å². The van der Waals surface area contributed by atoms with Gasteiger partial charge >= 0.3 is 5.69 Å². The number of nitrogens with one attached hydrogen (secondary N) is 1. The molecule has 3 heterocycles. The molecule has 12 nitrogen and oxygen atoms in total. The van der Waals surface area contributed by atoms with E-state index in [0.29, 0.717) is 12.2 Å². The van der Waals surface area contributed by atoms with E-state index < -0.39 is 48.2 Å². The zero-order valence-electron chi connectivity index (χ0n) is 22.8. The van der Waals surface area contributed by atoms with E-state index in [-0.39, 0.29) is 31.0 Å². The highest BCUT2D eigenvalue weighted by molar-refractivity contribution is 7.89. The Labute approximate surface area is 221 Å². The third-order valence-electron chi connectivity index (χ3n) is 6.86. The van der Waals surface area contributed by atoms with Crippen LogP contribution in [0.25, 0.3) is 4.85 Å². The number of hydrogen-bond acceptors (Lipinski definition) is 9. The molecule has 1 aromatic rings. The first-order chi connectivity index (χ1) is 17.3. The van der Waals surface area contributed by atoms with Crippen molar-refractivity contribution in [3.63, 3.8) is 0 Å². The normalized spacial score (nSPS) is 28.1. The van der Waals surface area contributed by atoms with Gasteiger partial charge in [-0.1, -0.05) is 6.92 Å². The highest BCUT2D eigenvalue weighted by Gasteiger charge is 2.65. The van der Waals surface area contributed by atoms with E-state index in [9.17, 15) is 13.2 Å². The fourth-order valence-corrected chi connectivity index (χ4v) is 8.72. The first kappa shape index (κ1) is 29.9. The van der Waals surface area contributed by atoms with Gasteiger partial charge in [0, 0.05) is 37.9 Å². The predicted molar refractivity (Wildman–Crippen MR) is 143 cm³/mol. The molecule has 5 atom stereocenters. The lowest BCUT2D eigenvalue weighted by Gasteiger charge is -2.44. The second-order valence-corrected chi connectivity index (χ2v) is 13.4. The monoisotopic (exact) mass is 558 g/mol. The summed E-state index contributed by atoms with van der Waals surface area (Å²) < 4.78 is 50.5. The molecular weight excluding hydrogens is 519 g/mol. The van der Waals surface area contributed by atoms with Gasteiger partial charge in [0.15, 0.2) is 6.23 Å². The van der Waals surface area contributed by atoms with Gasteiger partial charge in [-0.25, -0.2) is 24.5 Å². The number of aromatic nitrogens is 2. The van der Waals surface area contributed by atoms with Crippen LogP contribution in [0.2, 0.25) is 0 Å². The summed E-state index contributed by atoms with van der Waals surface area (Å²) in [6.45, 7) is 19.3. The van der Waals surface area contributed by atoms with E-state index in [1.54, 1.807) is 13.2 Å². The molecule has 3 rings (SSSR count). The van der Waals surface area contributed by atoms with Crippen molar-refractivity contribution in [2.45, 2.75) is 84.0 Å². The number of fused-ring (bicyclic) bond motifs is 2. The van der Waals surface area contributed by atoms with Gasteiger partial charge in [0.2, 0.25) is 16.6 Å². The molecule has 0 aliphatic carbocycles. The lowest BCUT2D eigenvalue weighted by atomic mass is 9.93. The van der Waals surface area contributed by atoms with Gasteiger partial charge in [-0.2, -0.15) is 9.29 Å². The van der Waals surface area contributed by atoms with E-state index in [1.165, 1.54) is 15.9 Å². The van der Waals surface area contributed by atoms with Crippen molar-refractivity contribution in [3.8, 4) is 0 Å². The highest BCUT2D eigenvalue weighted by atomic mass is 32.2. The Kier molecular flexibility index (Phi) is 9.39. The molecule has 37 heavy (non-hydrogen) atoms. The average Bonchev–Trinajstić information content (AvgIpc) is 3.07. The van der Waals surface area contributed by atoms with Gasteiger partial charge < -0.3 is 23.9 Å². The SMILES string of the molecule is [C-]#[N+]CCOP(OC1[C@H]2[C@H](n3cc(C)c(NC)nc3=O)O[C@@]1(CC)CS(=O)(=O)N2C)N(C(C)C)C(C)C.